The van der Waals surface area contributed by atoms with E-state index >= 15 is 0 Å². The van der Waals surface area contributed by atoms with Crippen LogP contribution in [-0.4, -0.2) is 100 Å². The Kier molecular flexibility index (Phi) is 5.76. The van der Waals surface area contributed by atoms with E-state index < -0.39 is 106 Å². The molecule has 3 aliphatic carbocycles. The number of esters is 2. The number of carbonyl (C=O) groups is 2. The van der Waals surface area contributed by atoms with Gasteiger partial charge in [0.2, 0.25) is 6.29 Å². The molecule has 8 aliphatic rings. The van der Waals surface area contributed by atoms with Gasteiger partial charge in [-0.2, -0.15) is 0 Å². The maximum absolute atomic E-state index is 13.4. The largest absolute Gasteiger partial charge is 0.469 e. The Bertz CT molecular complexity index is 1380. The monoisotopic (exact) mass is 618 g/mol. The molecule has 5 aliphatic heterocycles. The second kappa shape index (κ2) is 8.64. The second-order valence-electron chi connectivity index (χ2n) is 15.0. The fraction of sp³-hybridized carbons (Fsp3) is 0.812. The summed E-state index contributed by atoms with van der Waals surface area (Å²) in [5, 5.41) is 36.2. The molecule has 2 bridgehead atoms. The van der Waals surface area contributed by atoms with Gasteiger partial charge in [-0.1, -0.05) is 19.9 Å². The molecule has 12 nitrogen and oxygen atoms in total. The highest BCUT2D eigenvalue weighted by molar-refractivity contribution is 5.87. The number of ether oxygens (including phenoxy) is 7. The first-order chi connectivity index (χ1) is 20.7. The van der Waals surface area contributed by atoms with Crippen molar-refractivity contribution in [3.8, 4) is 0 Å². The molecule has 242 valence electrons. The molecule has 0 aromatic rings. The van der Waals surface area contributed by atoms with Crippen LogP contribution in [-0.2, 0) is 42.7 Å². The normalized spacial score (nSPS) is 59.2. The fourth-order valence-electron chi connectivity index (χ4n) is 11.6. The van der Waals surface area contributed by atoms with Crippen molar-refractivity contribution in [2.75, 3.05) is 13.2 Å². The van der Waals surface area contributed by atoms with Crippen molar-refractivity contribution in [2.45, 2.75) is 114 Å². The van der Waals surface area contributed by atoms with E-state index in [1.54, 1.807) is 26.0 Å². The number of epoxide rings is 1. The van der Waals surface area contributed by atoms with Crippen LogP contribution in [0, 0.1) is 34.0 Å². The quantitative estimate of drug-likeness (QED) is 0.234. The van der Waals surface area contributed by atoms with E-state index in [1.807, 2.05) is 20.8 Å². The molecule has 0 aromatic carbocycles. The number of aliphatic hydroxyl groups excluding tert-OH is 2. The van der Waals surface area contributed by atoms with Crippen molar-refractivity contribution < 1.29 is 58.1 Å². The van der Waals surface area contributed by atoms with E-state index in [0.717, 1.165) is 0 Å². The Balaban J connectivity index is 1.30. The van der Waals surface area contributed by atoms with E-state index in [1.165, 1.54) is 13.2 Å². The second-order valence-corrected chi connectivity index (χ2v) is 15.0. The zero-order valence-electron chi connectivity index (χ0n) is 25.8. The zero-order valence-corrected chi connectivity index (χ0v) is 25.8. The third-order valence-corrected chi connectivity index (χ3v) is 13.4. The van der Waals surface area contributed by atoms with Gasteiger partial charge in [0.1, 0.15) is 23.4 Å². The topological polar surface area (TPSA) is 163 Å². The highest BCUT2D eigenvalue weighted by atomic mass is 16.7. The number of carbonyl (C=O) groups excluding carboxylic acids is 2. The van der Waals surface area contributed by atoms with Crippen LogP contribution in [0.4, 0.5) is 0 Å². The van der Waals surface area contributed by atoms with Gasteiger partial charge in [-0.3, -0.25) is 4.79 Å². The summed E-state index contributed by atoms with van der Waals surface area (Å²) >= 11 is 0. The first-order valence-electron chi connectivity index (χ1n) is 15.7. The molecule has 8 rings (SSSR count). The number of allylic oxidation sites excluding steroid dienone is 1. The lowest BCUT2D eigenvalue weighted by Crippen LogP contribution is -2.76. The van der Waals surface area contributed by atoms with Crippen molar-refractivity contribution in [1.29, 1.82) is 0 Å². The molecule has 44 heavy (non-hydrogen) atoms. The molecule has 0 amide bonds. The number of rotatable bonds is 4. The van der Waals surface area contributed by atoms with Gasteiger partial charge in [-0.25, -0.2) is 4.79 Å². The highest BCUT2D eigenvalue weighted by Gasteiger charge is 2.95. The van der Waals surface area contributed by atoms with E-state index in [0.29, 0.717) is 12.0 Å². The molecule has 3 N–H and O–H groups in total. The maximum atomic E-state index is 13.4. The third kappa shape index (κ3) is 2.96. The van der Waals surface area contributed by atoms with Gasteiger partial charge < -0.3 is 48.5 Å². The molecule has 12 heteroatoms. The lowest BCUT2D eigenvalue weighted by Gasteiger charge is -2.65. The van der Waals surface area contributed by atoms with Crippen LogP contribution in [0.5, 0.6) is 0 Å². The molecule has 3 saturated carbocycles. The molecule has 1 spiro atoms. The van der Waals surface area contributed by atoms with Gasteiger partial charge in [-0.05, 0) is 33.3 Å². The Hall–Kier alpha value is -2.06. The summed E-state index contributed by atoms with van der Waals surface area (Å²) < 4.78 is 43.7. The summed E-state index contributed by atoms with van der Waals surface area (Å²) in [5.41, 5.74) is -6.22. The van der Waals surface area contributed by atoms with Crippen LogP contribution in [0.3, 0.4) is 0 Å². The fourth-order valence-corrected chi connectivity index (χ4v) is 11.6. The molecule has 7 fully saturated rings. The average Bonchev–Trinajstić information content (AvgIpc) is 3.33. The van der Waals surface area contributed by atoms with Crippen LogP contribution >= 0.6 is 0 Å². The zero-order chi connectivity index (χ0) is 31.4. The first-order valence-corrected chi connectivity index (χ1v) is 15.7. The number of hydrogen-bond donors (Lipinski definition) is 3. The smallest absolute Gasteiger partial charge is 0.333 e. The SMILES string of the molecule is C/C=C(\C)C(=O)O[C@@H]1C[C@@H](OC(C)=O)[C@@]2(C)CO[C@@H]3[C@H]2[C@]12CO[C@@H](O)[C@H]2[C@](C)([C@]12O[C@@]1(C)[C@H]1C[C@@H]2O[C@@H]2OC=C[C@@]21O)[C@@H]3O. The standard InChI is InChI=1S/C32H42O12/c1-7-14(2)24(35)42-18-11-17(41-15(3)33)27(4)12-39-20-21(27)30(18)13-40-25(36)22(30)28(5,23(20)34)32-19-10-16(29(32,6)44-32)31(37)8-9-38-26(31)43-19/h7-9,16-23,25-26,34,36-37H,10-13H2,1-6H3/b14-7+/t16-,17-,18-,19+,20-,21-,22+,23-,25-,26+,27-,28+,29+,30+,31+,32+/m1/s1. The Morgan fingerprint density at radius 1 is 1.00 bits per heavy atom. The lowest BCUT2D eigenvalue weighted by molar-refractivity contribution is -0.302. The molecule has 4 saturated heterocycles. The van der Waals surface area contributed by atoms with Gasteiger partial charge in [0.15, 0.2) is 11.9 Å². The molecular formula is C32H42O12. The van der Waals surface area contributed by atoms with Crippen molar-refractivity contribution in [3.63, 3.8) is 0 Å². The Labute approximate surface area is 255 Å². The van der Waals surface area contributed by atoms with Gasteiger partial charge in [0.05, 0.1) is 37.8 Å². The van der Waals surface area contributed by atoms with E-state index in [9.17, 15) is 24.9 Å². The molecule has 5 heterocycles. The summed E-state index contributed by atoms with van der Waals surface area (Å²) in [5.74, 6) is -2.73. The number of hydrogen-bond acceptors (Lipinski definition) is 12. The van der Waals surface area contributed by atoms with Crippen LogP contribution in [0.25, 0.3) is 0 Å². The molecule has 0 unspecified atom stereocenters. The summed E-state index contributed by atoms with van der Waals surface area (Å²) in [6, 6.07) is 0. The van der Waals surface area contributed by atoms with Crippen molar-refractivity contribution in [2.24, 2.45) is 34.0 Å². The van der Waals surface area contributed by atoms with Crippen molar-refractivity contribution in [1.82, 2.24) is 0 Å². The summed E-state index contributed by atoms with van der Waals surface area (Å²) in [4.78, 5) is 25.7. The summed E-state index contributed by atoms with van der Waals surface area (Å²) in [6.45, 7) is 10.8. The lowest BCUT2D eigenvalue weighted by atomic mass is 9.38. The summed E-state index contributed by atoms with van der Waals surface area (Å²) in [7, 11) is 0. The minimum absolute atomic E-state index is 0.0288. The summed E-state index contributed by atoms with van der Waals surface area (Å²) in [6.07, 6.45) is -1.03. The van der Waals surface area contributed by atoms with E-state index in [2.05, 4.69) is 0 Å². The van der Waals surface area contributed by atoms with Crippen molar-refractivity contribution >= 4 is 11.9 Å². The van der Waals surface area contributed by atoms with Crippen molar-refractivity contribution in [3.05, 3.63) is 24.0 Å². The Morgan fingerprint density at radius 2 is 1.75 bits per heavy atom. The Morgan fingerprint density at radius 3 is 2.45 bits per heavy atom. The van der Waals surface area contributed by atoms with Crippen LogP contribution in [0.15, 0.2) is 24.0 Å². The van der Waals surface area contributed by atoms with Gasteiger partial charge >= 0.3 is 11.9 Å². The molecule has 16 atom stereocenters. The van der Waals surface area contributed by atoms with Gasteiger partial charge in [0, 0.05) is 52.9 Å². The number of fused-ring (bicyclic) bond motifs is 7. The minimum Gasteiger partial charge on any atom is -0.469 e. The van der Waals surface area contributed by atoms with Gasteiger partial charge in [0.25, 0.3) is 0 Å². The maximum Gasteiger partial charge on any atom is 0.333 e. The predicted molar refractivity (Wildman–Crippen MR) is 147 cm³/mol. The minimum atomic E-state index is -1.42. The predicted octanol–water partition coefficient (Wildman–Crippen LogP) is 1.10. The molecule has 0 aromatic heterocycles. The molecule has 0 radical (unpaired) electrons. The molecular weight excluding hydrogens is 576 g/mol. The van der Waals surface area contributed by atoms with Crippen LogP contribution in [0.1, 0.15) is 54.4 Å². The van der Waals surface area contributed by atoms with Crippen LogP contribution < -0.4 is 0 Å². The third-order valence-electron chi connectivity index (χ3n) is 13.4. The van der Waals surface area contributed by atoms with Gasteiger partial charge in [-0.15, -0.1) is 0 Å². The number of aliphatic hydroxyl groups is 3. The van der Waals surface area contributed by atoms with E-state index in [4.69, 9.17) is 33.2 Å². The highest BCUT2D eigenvalue weighted by Crippen LogP contribution is 2.82. The van der Waals surface area contributed by atoms with E-state index in [-0.39, 0.29) is 19.6 Å². The average molecular weight is 619 g/mol. The van der Waals surface area contributed by atoms with Crippen LogP contribution in [0.2, 0.25) is 0 Å². The first kappa shape index (κ1) is 29.3.